The highest BCUT2D eigenvalue weighted by molar-refractivity contribution is 6.31. The predicted molar refractivity (Wildman–Crippen MR) is 86.5 cm³/mol. The van der Waals surface area contributed by atoms with Gasteiger partial charge >= 0.3 is 0 Å². The first-order valence-corrected chi connectivity index (χ1v) is 7.09. The van der Waals surface area contributed by atoms with Crippen molar-refractivity contribution in [2.75, 3.05) is 5.73 Å². The third-order valence-electron chi connectivity index (χ3n) is 3.26. The first kappa shape index (κ1) is 14.0. The van der Waals surface area contributed by atoms with Crippen molar-refractivity contribution < 1.29 is 4.52 Å². The minimum atomic E-state index is 0.335. The lowest BCUT2D eigenvalue weighted by Crippen LogP contribution is -1.90. The van der Waals surface area contributed by atoms with E-state index in [1.807, 2.05) is 49.4 Å². The Bertz CT molecular complexity index is 812. The number of aromatic nitrogens is 1. The van der Waals surface area contributed by atoms with Crippen LogP contribution in [0.3, 0.4) is 0 Å². The average molecular weight is 319 g/mol. The Morgan fingerprint density at radius 1 is 1.05 bits per heavy atom. The Morgan fingerprint density at radius 3 is 2.52 bits per heavy atom. The third-order valence-corrected chi connectivity index (χ3v) is 3.74. The summed E-state index contributed by atoms with van der Waals surface area (Å²) in [5.74, 6) is 0.950. The van der Waals surface area contributed by atoms with Crippen molar-refractivity contribution in [1.29, 1.82) is 0 Å². The molecule has 1 aromatic heterocycles. The number of hydrogen-bond acceptors (Lipinski definition) is 3. The lowest BCUT2D eigenvalue weighted by atomic mass is 9.99. The van der Waals surface area contributed by atoms with Crippen LogP contribution in [0.2, 0.25) is 10.0 Å². The van der Waals surface area contributed by atoms with E-state index in [0.29, 0.717) is 21.6 Å². The normalized spacial score (nSPS) is 10.8. The van der Waals surface area contributed by atoms with Gasteiger partial charge in [0.1, 0.15) is 0 Å². The van der Waals surface area contributed by atoms with E-state index in [-0.39, 0.29) is 0 Å². The van der Waals surface area contributed by atoms with Crippen molar-refractivity contribution in [3.05, 3.63) is 58.1 Å². The van der Waals surface area contributed by atoms with Gasteiger partial charge in [-0.25, -0.2) is 0 Å². The van der Waals surface area contributed by atoms with Crippen LogP contribution in [0.15, 0.2) is 47.0 Å². The summed E-state index contributed by atoms with van der Waals surface area (Å²) in [5.41, 5.74) is 9.46. The molecule has 1 heterocycles. The van der Waals surface area contributed by atoms with E-state index < -0.39 is 0 Å². The largest absolute Gasteiger partial charge is 0.380 e. The molecule has 0 saturated heterocycles. The molecule has 5 heteroatoms. The van der Waals surface area contributed by atoms with Crippen LogP contribution < -0.4 is 5.73 Å². The number of nitrogen functional groups attached to an aromatic ring is 1. The van der Waals surface area contributed by atoms with Gasteiger partial charge in [0.15, 0.2) is 11.6 Å². The molecule has 0 amide bonds. The molecule has 0 atom stereocenters. The van der Waals surface area contributed by atoms with Crippen molar-refractivity contribution in [3.8, 4) is 22.5 Å². The molecule has 0 spiro atoms. The molecule has 0 radical (unpaired) electrons. The second kappa shape index (κ2) is 5.43. The van der Waals surface area contributed by atoms with E-state index in [9.17, 15) is 0 Å². The number of halogens is 2. The number of aryl methyl sites for hydroxylation is 1. The van der Waals surface area contributed by atoms with Crippen LogP contribution >= 0.6 is 23.2 Å². The summed E-state index contributed by atoms with van der Waals surface area (Å²) in [7, 11) is 0. The smallest absolute Gasteiger partial charge is 0.177 e. The van der Waals surface area contributed by atoms with E-state index in [1.165, 1.54) is 0 Å². The summed E-state index contributed by atoms with van der Waals surface area (Å²) in [6.45, 7) is 1.96. The average Bonchev–Trinajstić information content (AvgIpc) is 2.80. The topological polar surface area (TPSA) is 52.0 Å². The van der Waals surface area contributed by atoms with E-state index in [4.69, 9.17) is 33.5 Å². The molecule has 0 saturated carbocycles. The summed E-state index contributed by atoms with van der Waals surface area (Å²) in [4.78, 5) is 0. The maximum atomic E-state index is 6.06. The molecule has 0 aliphatic heterocycles. The Balaban J connectivity index is 2.22. The fourth-order valence-corrected chi connectivity index (χ4v) is 2.71. The lowest BCUT2D eigenvalue weighted by Gasteiger charge is -2.06. The van der Waals surface area contributed by atoms with Crippen LogP contribution in [-0.2, 0) is 0 Å². The second-order valence-corrected chi connectivity index (χ2v) is 5.61. The van der Waals surface area contributed by atoms with Crippen molar-refractivity contribution in [3.63, 3.8) is 0 Å². The molecule has 0 aliphatic rings. The fraction of sp³-hybridized carbons (Fsp3) is 0.0625. The van der Waals surface area contributed by atoms with Gasteiger partial charge in [0.2, 0.25) is 0 Å². The third kappa shape index (κ3) is 2.62. The van der Waals surface area contributed by atoms with Crippen molar-refractivity contribution in [2.24, 2.45) is 0 Å². The summed E-state index contributed by atoms with van der Waals surface area (Å²) < 4.78 is 5.44. The summed E-state index contributed by atoms with van der Waals surface area (Å²) in [6.07, 6.45) is 0. The molecule has 2 aromatic carbocycles. The zero-order valence-corrected chi connectivity index (χ0v) is 12.7. The van der Waals surface area contributed by atoms with Gasteiger partial charge in [-0.3, -0.25) is 0 Å². The molecule has 3 nitrogen and oxygen atoms in total. The number of anilines is 1. The van der Waals surface area contributed by atoms with Crippen molar-refractivity contribution in [1.82, 2.24) is 5.16 Å². The SMILES string of the molecule is Cc1cc(Cl)ccc1-c1onc(N)c1-c1cccc(Cl)c1. The molecule has 0 fully saturated rings. The van der Waals surface area contributed by atoms with Crippen LogP contribution in [0, 0.1) is 6.92 Å². The Kier molecular flexibility index (Phi) is 3.62. The summed E-state index contributed by atoms with van der Waals surface area (Å²) in [5, 5.41) is 5.19. The molecular formula is C16H12Cl2N2O. The van der Waals surface area contributed by atoms with Crippen molar-refractivity contribution in [2.45, 2.75) is 6.92 Å². The quantitative estimate of drug-likeness (QED) is 0.706. The van der Waals surface area contributed by atoms with Crippen LogP contribution in [0.5, 0.6) is 0 Å². The van der Waals surface area contributed by atoms with Gasteiger partial charge in [-0.05, 0) is 48.4 Å². The molecule has 106 valence electrons. The highest BCUT2D eigenvalue weighted by Crippen LogP contribution is 2.39. The Hall–Kier alpha value is -1.97. The first-order chi connectivity index (χ1) is 10.1. The van der Waals surface area contributed by atoms with Gasteiger partial charge in [0, 0.05) is 15.6 Å². The number of nitrogens with zero attached hydrogens (tertiary/aromatic N) is 1. The molecule has 0 aliphatic carbocycles. The zero-order chi connectivity index (χ0) is 15.0. The van der Waals surface area contributed by atoms with Crippen LogP contribution in [0.4, 0.5) is 5.82 Å². The maximum absolute atomic E-state index is 6.06. The van der Waals surface area contributed by atoms with Gasteiger partial charge in [-0.2, -0.15) is 0 Å². The number of benzene rings is 2. The summed E-state index contributed by atoms with van der Waals surface area (Å²) in [6, 6.07) is 13.0. The van der Waals surface area contributed by atoms with Crippen LogP contribution in [-0.4, -0.2) is 5.16 Å². The molecule has 3 aromatic rings. The molecular weight excluding hydrogens is 307 g/mol. The van der Waals surface area contributed by atoms with Gasteiger partial charge in [-0.15, -0.1) is 0 Å². The zero-order valence-electron chi connectivity index (χ0n) is 11.2. The highest BCUT2D eigenvalue weighted by atomic mass is 35.5. The Labute approximate surface area is 132 Å². The minimum absolute atomic E-state index is 0.335. The first-order valence-electron chi connectivity index (χ1n) is 6.34. The fourth-order valence-electron chi connectivity index (χ4n) is 2.29. The van der Waals surface area contributed by atoms with Crippen LogP contribution in [0.1, 0.15) is 5.56 Å². The molecule has 21 heavy (non-hydrogen) atoms. The standard InChI is InChI=1S/C16H12Cl2N2O/c1-9-7-12(18)5-6-13(9)15-14(16(19)20-21-15)10-3-2-4-11(17)8-10/h2-8H,1H3,(H2,19,20). The second-order valence-electron chi connectivity index (χ2n) is 4.74. The maximum Gasteiger partial charge on any atom is 0.177 e. The Morgan fingerprint density at radius 2 is 1.81 bits per heavy atom. The van der Waals surface area contributed by atoms with E-state index in [0.717, 1.165) is 22.3 Å². The molecule has 0 bridgehead atoms. The highest BCUT2D eigenvalue weighted by Gasteiger charge is 2.19. The van der Waals surface area contributed by atoms with E-state index in [1.54, 1.807) is 0 Å². The van der Waals surface area contributed by atoms with Gasteiger partial charge in [0.05, 0.1) is 5.56 Å². The minimum Gasteiger partial charge on any atom is -0.380 e. The van der Waals surface area contributed by atoms with E-state index in [2.05, 4.69) is 5.16 Å². The lowest BCUT2D eigenvalue weighted by molar-refractivity contribution is 0.436. The predicted octanol–water partition coefficient (Wildman–Crippen LogP) is 5.21. The summed E-state index contributed by atoms with van der Waals surface area (Å²) >= 11 is 12.1. The molecule has 2 N–H and O–H groups in total. The van der Waals surface area contributed by atoms with Gasteiger partial charge in [0.25, 0.3) is 0 Å². The number of nitrogens with two attached hydrogens (primary N) is 1. The number of rotatable bonds is 2. The van der Waals surface area contributed by atoms with Crippen molar-refractivity contribution >= 4 is 29.0 Å². The van der Waals surface area contributed by atoms with E-state index >= 15 is 0 Å². The monoisotopic (exact) mass is 318 g/mol. The molecule has 3 rings (SSSR count). The molecule has 0 unspecified atom stereocenters. The van der Waals surface area contributed by atoms with Gasteiger partial charge < -0.3 is 10.3 Å². The van der Waals surface area contributed by atoms with Gasteiger partial charge in [-0.1, -0.05) is 40.5 Å². The number of hydrogen-bond donors (Lipinski definition) is 1. The van der Waals surface area contributed by atoms with Crippen LogP contribution in [0.25, 0.3) is 22.5 Å².